The van der Waals surface area contributed by atoms with Crippen molar-refractivity contribution < 1.29 is 28.2 Å². The average Bonchev–Trinajstić information content (AvgIpc) is 2.72. The lowest BCUT2D eigenvalue weighted by molar-refractivity contribution is -0.147. The maximum Gasteiger partial charge on any atom is 0.319 e. The zero-order chi connectivity index (χ0) is 21.7. The number of carbonyl (C=O) groups excluding carboxylic acids is 2. The van der Waals surface area contributed by atoms with Gasteiger partial charge in [0.2, 0.25) is 0 Å². The van der Waals surface area contributed by atoms with Gasteiger partial charge in [-0.3, -0.25) is 4.79 Å². The molecule has 0 bridgehead atoms. The van der Waals surface area contributed by atoms with Crippen molar-refractivity contribution in [3.05, 3.63) is 71.7 Å². The van der Waals surface area contributed by atoms with Crippen molar-refractivity contribution in [1.29, 1.82) is 0 Å². The van der Waals surface area contributed by atoms with Gasteiger partial charge in [-0.25, -0.2) is 9.18 Å². The van der Waals surface area contributed by atoms with Crippen LogP contribution in [0.25, 0.3) is 0 Å². The molecule has 0 aromatic heterocycles. The summed E-state index contributed by atoms with van der Waals surface area (Å²) in [4.78, 5) is 24.4. The quantitative estimate of drug-likeness (QED) is 0.678. The number of hydrogen-bond donors (Lipinski definition) is 2. The Hall–Kier alpha value is -3.55. The van der Waals surface area contributed by atoms with Gasteiger partial charge >= 0.3 is 12.0 Å². The Labute approximate surface area is 173 Å². The van der Waals surface area contributed by atoms with Crippen LogP contribution in [0, 0.1) is 11.7 Å². The molecule has 0 aliphatic carbocycles. The number of ether oxygens (including phenoxy) is 3. The average molecular weight is 414 g/mol. The zero-order valence-corrected chi connectivity index (χ0v) is 16.7. The second-order valence-electron chi connectivity index (χ2n) is 6.66. The predicted molar refractivity (Wildman–Crippen MR) is 107 cm³/mol. The van der Waals surface area contributed by atoms with Gasteiger partial charge in [-0.1, -0.05) is 24.8 Å². The molecule has 2 amide bonds. The van der Waals surface area contributed by atoms with Gasteiger partial charge < -0.3 is 24.8 Å². The first-order valence-corrected chi connectivity index (χ1v) is 9.41. The van der Waals surface area contributed by atoms with Crippen LogP contribution < -0.4 is 20.1 Å². The molecule has 2 aromatic carbocycles. The van der Waals surface area contributed by atoms with E-state index in [0.717, 1.165) is 5.56 Å². The monoisotopic (exact) mass is 414 g/mol. The lowest BCUT2D eigenvalue weighted by Crippen LogP contribution is -2.51. The van der Waals surface area contributed by atoms with E-state index in [4.69, 9.17) is 14.2 Å². The summed E-state index contributed by atoms with van der Waals surface area (Å²) in [5.41, 5.74) is 1.69. The van der Waals surface area contributed by atoms with E-state index in [9.17, 15) is 14.0 Å². The van der Waals surface area contributed by atoms with Crippen molar-refractivity contribution in [3.8, 4) is 11.5 Å². The number of nitrogens with one attached hydrogen (secondary N) is 2. The first-order chi connectivity index (χ1) is 14.4. The van der Waals surface area contributed by atoms with E-state index in [1.54, 1.807) is 37.3 Å². The maximum atomic E-state index is 13.0. The Morgan fingerprint density at radius 1 is 1.17 bits per heavy atom. The van der Waals surface area contributed by atoms with E-state index in [1.165, 1.54) is 19.2 Å². The molecule has 30 heavy (non-hydrogen) atoms. The van der Waals surface area contributed by atoms with Crippen LogP contribution in [0.15, 0.2) is 54.7 Å². The van der Waals surface area contributed by atoms with E-state index in [1.807, 2.05) is 0 Å². The van der Waals surface area contributed by atoms with Gasteiger partial charge in [-0.2, -0.15) is 0 Å². The number of hydrogen-bond acceptors (Lipinski definition) is 5. The molecule has 0 radical (unpaired) electrons. The summed E-state index contributed by atoms with van der Waals surface area (Å²) < 4.78 is 29.4. The number of benzene rings is 2. The zero-order valence-electron chi connectivity index (χ0n) is 16.7. The normalized spacial score (nSPS) is 18.2. The van der Waals surface area contributed by atoms with Crippen molar-refractivity contribution in [2.24, 2.45) is 5.92 Å². The summed E-state index contributed by atoms with van der Waals surface area (Å²) in [6.45, 7) is 5.94. The molecule has 1 saturated heterocycles. The van der Waals surface area contributed by atoms with Crippen molar-refractivity contribution >= 4 is 12.0 Å². The van der Waals surface area contributed by atoms with Crippen molar-refractivity contribution in [1.82, 2.24) is 10.6 Å². The minimum Gasteiger partial charge on any atom is -0.493 e. The van der Waals surface area contributed by atoms with E-state index in [0.29, 0.717) is 17.1 Å². The van der Waals surface area contributed by atoms with Crippen LogP contribution in [0.3, 0.4) is 0 Å². The Morgan fingerprint density at radius 3 is 2.57 bits per heavy atom. The van der Waals surface area contributed by atoms with Gasteiger partial charge in [0.15, 0.2) is 11.5 Å². The first-order valence-electron chi connectivity index (χ1n) is 9.41. The summed E-state index contributed by atoms with van der Waals surface area (Å²) in [5, 5.41) is 5.27. The number of halogens is 1. The highest BCUT2D eigenvalue weighted by Crippen LogP contribution is 2.36. The highest BCUT2D eigenvalue weighted by Gasteiger charge is 2.39. The third-order valence-corrected chi connectivity index (χ3v) is 4.66. The predicted octanol–water partition coefficient (Wildman–Crippen LogP) is 3.46. The van der Waals surface area contributed by atoms with E-state index in [2.05, 4.69) is 17.2 Å². The van der Waals surface area contributed by atoms with Crippen LogP contribution >= 0.6 is 0 Å². The lowest BCUT2D eigenvalue weighted by Gasteiger charge is -2.33. The van der Waals surface area contributed by atoms with Crippen molar-refractivity contribution in [3.63, 3.8) is 0 Å². The first kappa shape index (κ1) is 21.2. The van der Waals surface area contributed by atoms with Crippen LogP contribution in [0.4, 0.5) is 9.18 Å². The van der Waals surface area contributed by atoms with Gasteiger partial charge in [0.25, 0.3) is 0 Å². The Bertz CT molecular complexity index is 945. The molecule has 7 nitrogen and oxygen atoms in total. The third-order valence-electron chi connectivity index (χ3n) is 4.66. The fraction of sp³-hybridized carbons (Fsp3) is 0.273. The molecule has 2 atom stereocenters. The molecular formula is C22H23FN2O5. The fourth-order valence-corrected chi connectivity index (χ4v) is 3.21. The molecule has 2 aromatic rings. The van der Waals surface area contributed by atoms with Gasteiger partial charge in [0.1, 0.15) is 18.3 Å². The lowest BCUT2D eigenvalue weighted by atomic mass is 9.89. The standard InChI is InChI=1S/C22H23FN2O5/c1-4-29-21(26)19-13(2)24-22(27)25-20(19)15-7-10-17(18(11-15)28-3)30-12-14-5-8-16(23)9-6-14/h5-11,19-20H,2,4,12H2,1,3H3,(H2,24,25,27)/t19-,20+/m1/s1. The molecule has 1 fully saturated rings. The van der Waals surface area contributed by atoms with Crippen molar-refractivity contribution in [2.45, 2.75) is 19.6 Å². The molecule has 1 heterocycles. The van der Waals surface area contributed by atoms with E-state index < -0.39 is 24.0 Å². The van der Waals surface area contributed by atoms with Crippen LogP contribution in [0.1, 0.15) is 24.1 Å². The van der Waals surface area contributed by atoms with Gasteiger partial charge in [0, 0.05) is 5.70 Å². The van der Waals surface area contributed by atoms with E-state index in [-0.39, 0.29) is 24.7 Å². The number of esters is 1. The van der Waals surface area contributed by atoms with Crippen LogP contribution in [0.2, 0.25) is 0 Å². The van der Waals surface area contributed by atoms with E-state index >= 15 is 0 Å². The maximum absolute atomic E-state index is 13.0. The number of urea groups is 1. The van der Waals surface area contributed by atoms with Gasteiger partial charge in [-0.15, -0.1) is 0 Å². The minimum atomic E-state index is -0.793. The smallest absolute Gasteiger partial charge is 0.319 e. The summed E-state index contributed by atoms with van der Waals surface area (Å²) in [5.74, 6) is -0.704. The molecule has 1 aliphatic rings. The molecule has 0 unspecified atom stereocenters. The summed E-state index contributed by atoms with van der Waals surface area (Å²) in [6.07, 6.45) is 0. The highest BCUT2D eigenvalue weighted by molar-refractivity contribution is 5.85. The molecule has 8 heteroatoms. The summed E-state index contributed by atoms with van der Waals surface area (Å²) in [7, 11) is 1.49. The molecule has 0 saturated carbocycles. The Kier molecular flexibility index (Phi) is 6.56. The van der Waals surface area contributed by atoms with Crippen molar-refractivity contribution in [2.75, 3.05) is 13.7 Å². The van der Waals surface area contributed by atoms with Crippen LogP contribution in [-0.4, -0.2) is 25.7 Å². The molecular weight excluding hydrogens is 391 g/mol. The highest BCUT2D eigenvalue weighted by atomic mass is 19.1. The second-order valence-corrected chi connectivity index (χ2v) is 6.66. The molecule has 0 spiro atoms. The molecule has 3 rings (SSSR count). The fourth-order valence-electron chi connectivity index (χ4n) is 3.21. The van der Waals surface area contributed by atoms with Gasteiger partial charge in [0.05, 0.1) is 19.8 Å². The molecule has 158 valence electrons. The second kappa shape index (κ2) is 9.30. The van der Waals surface area contributed by atoms with Gasteiger partial charge in [-0.05, 0) is 42.3 Å². The Balaban J connectivity index is 1.84. The minimum absolute atomic E-state index is 0.211. The van der Waals surface area contributed by atoms with Crippen LogP contribution in [-0.2, 0) is 16.1 Å². The molecule has 2 N–H and O–H groups in total. The number of carbonyl (C=O) groups is 2. The third kappa shape index (κ3) is 4.71. The Morgan fingerprint density at radius 2 is 1.90 bits per heavy atom. The number of amides is 2. The topological polar surface area (TPSA) is 85.9 Å². The summed E-state index contributed by atoms with van der Waals surface area (Å²) >= 11 is 0. The number of methoxy groups -OCH3 is 1. The largest absolute Gasteiger partial charge is 0.493 e. The number of rotatable bonds is 7. The molecule has 1 aliphatic heterocycles. The SMILES string of the molecule is C=C1NC(=O)N[C@@H](c2ccc(OCc3ccc(F)cc3)c(OC)c2)[C@@H]1C(=O)OCC. The van der Waals surface area contributed by atoms with Crippen LogP contribution in [0.5, 0.6) is 11.5 Å². The summed E-state index contributed by atoms with van der Waals surface area (Å²) in [6, 6.07) is 9.98.